The Morgan fingerprint density at radius 3 is 2.54 bits per heavy atom. The molecule has 1 heterocycles. The molecule has 1 aromatic carbocycles. The van der Waals surface area contributed by atoms with E-state index in [2.05, 4.69) is 5.32 Å². The first kappa shape index (κ1) is 21.4. The molecule has 0 unspecified atom stereocenters. The first-order valence-corrected chi connectivity index (χ1v) is 10.7. The number of nitrogens with zero attached hydrogens (tertiary/aromatic N) is 1. The molecule has 5 nitrogen and oxygen atoms in total. The second kappa shape index (κ2) is 9.83. The van der Waals surface area contributed by atoms with Gasteiger partial charge in [-0.1, -0.05) is 23.2 Å². The molecule has 0 radical (unpaired) electrons. The van der Waals surface area contributed by atoms with Crippen LogP contribution in [-0.2, 0) is 9.53 Å². The van der Waals surface area contributed by atoms with Crippen molar-refractivity contribution in [1.82, 2.24) is 10.2 Å². The summed E-state index contributed by atoms with van der Waals surface area (Å²) in [6, 6.07) is 4.09. The van der Waals surface area contributed by atoms with Gasteiger partial charge in [-0.15, -0.1) is 0 Å². The minimum atomic E-state index is -0.598. The van der Waals surface area contributed by atoms with E-state index in [1.807, 2.05) is 20.1 Å². The van der Waals surface area contributed by atoms with Crippen LogP contribution >= 0.6 is 35.0 Å². The van der Waals surface area contributed by atoms with Crippen LogP contribution in [0.4, 0.5) is 0 Å². The number of morpholine rings is 1. The third-order valence-corrected chi connectivity index (χ3v) is 5.31. The summed E-state index contributed by atoms with van der Waals surface area (Å²) in [5.74, 6) is 0.306. The van der Waals surface area contributed by atoms with Gasteiger partial charge in [0.25, 0.3) is 5.91 Å². The molecule has 0 aromatic heterocycles. The van der Waals surface area contributed by atoms with E-state index in [0.29, 0.717) is 30.1 Å². The minimum absolute atomic E-state index is 0.0229. The summed E-state index contributed by atoms with van der Waals surface area (Å²) in [7, 11) is 0. The number of amides is 2. The zero-order valence-electron chi connectivity index (χ0n) is 15.1. The molecule has 1 N–H and O–H groups in total. The van der Waals surface area contributed by atoms with Gasteiger partial charge in [0.15, 0.2) is 0 Å². The Morgan fingerprint density at radius 2 is 1.96 bits per heavy atom. The lowest BCUT2D eigenvalue weighted by atomic mass is 10.1. The highest BCUT2D eigenvalue weighted by Gasteiger charge is 2.31. The Labute approximate surface area is 168 Å². The van der Waals surface area contributed by atoms with Gasteiger partial charge < -0.3 is 15.0 Å². The second-order valence-corrected chi connectivity index (χ2v) is 8.26. The maximum Gasteiger partial charge on any atom is 0.253 e. The normalized spacial score (nSPS) is 21.3. The Bertz CT molecular complexity index is 649. The van der Waals surface area contributed by atoms with E-state index in [9.17, 15) is 9.59 Å². The number of thioether (sulfide) groups is 1. The van der Waals surface area contributed by atoms with Crippen molar-refractivity contribution in [2.75, 3.05) is 25.1 Å². The van der Waals surface area contributed by atoms with Gasteiger partial charge in [0, 0.05) is 18.1 Å². The van der Waals surface area contributed by atoms with Crippen LogP contribution in [0.1, 0.15) is 30.6 Å². The molecule has 0 saturated carbocycles. The minimum Gasteiger partial charge on any atom is -0.372 e. The Balaban J connectivity index is 2.13. The third-order valence-electron chi connectivity index (χ3n) is 4.12. The molecule has 1 saturated heterocycles. The highest BCUT2D eigenvalue weighted by atomic mass is 35.5. The van der Waals surface area contributed by atoms with Gasteiger partial charge in [-0.25, -0.2) is 0 Å². The van der Waals surface area contributed by atoms with E-state index < -0.39 is 6.04 Å². The van der Waals surface area contributed by atoms with E-state index in [-0.39, 0.29) is 29.0 Å². The van der Waals surface area contributed by atoms with E-state index in [1.54, 1.807) is 28.8 Å². The van der Waals surface area contributed by atoms with Gasteiger partial charge in [-0.05, 0) is 50.5 Å². The van der Waals surface area contributed by atoms with Crippen LogP contribution in [-0.4, -0.2) is 60.1 Å². The predicted molar refractivity (Wildman–Crippen MR) is 107 cm³/mol. The van der Waals surface area contributed by atoms with Gasteiger partial charge in [0.05, 0.1) is 22.8 Å². The molecule has 0 spiro atoms. The van der Waals surface area contributed by atoms with Gasteiger partial charge in [0.2, 0.25) is 5.91 Å². The standard InChI is InChI=1S/C18H24Cl2N2O3S/c1-11-9-22(10-12(2)25-11)18(24)16(6-7-26-3)21-17(23)14-5-4-13(19)8-15(14)20/h4-5,8,11-12,16H,6-7,9-10H2,1-3H3,(H,21,23)/t11-,12+,16-/m1/s1. The third kappa shape index (κ3) is 5.78. The van der Waals surface area contributed by atoms with Gasteiger partial charge >= 0.3 is 0 Å². The number of halogens is 2. The fourth-order valence-corrected chi connectivity index (χ4v) is 3.95. The lowest BCUT2D eigenvalue weighted by Crippen LogP contribution is -2.55. The molecule has 26 heavy (non-hydrogen) atoms. The van der Waals surface area contributed by atoms with Crippen LogP contribution in [0, 0.1) is 0 Å². The number of nitrogens with one attached hydrogen (secondary N) is 1. The molecule has 1 aliphatic rings. The van der Waals surface area contributed by atoms with Crippen LogP contribution in [0.2, 0.25) is 10.0 Å². The molecule has 0 bridgehead atoms. The monoisotopic (exact) mass is 418 g/mol. The van der Waals surface area contributed by atoms with Gasteiger partial charge in [0.1, 0.15) is 6.04 Å². The number of hydrogen-bond acceptors (Lipinski definition) is 4. The van der Waals surface area contributed by atoms with E-state index in [0.717, 1.165) is 5.75 Å². The highest BCUT2D eigenvalue weighted by molar-refractivity contribution is 7.98. The summed E-state index contributed by atoms with van der Waals surface area (Å²) in [6.07, 6.45) is 2.48. The van der Waals surface area contributed by atoms with Crippen LogP contribution in [0.25, 0.3) is 0 Å². The highest BCUT2D eigenvalue weighted by Crippen LogP contribution is 2.21. The molecule has 0 aliphatic carbocycles. The predicted octanol–water partition coefficient (Wildman–Crippen LogP) is 3.48. The summed E-state index contributed by atoms with van der Waals surface area (Å²) in [5.41, 5.74) is 0.307. The van der Waals surface area contributed by atoms with Crippen molar-refractivity contribution in [2.45, 2.75) is 38.5 Å². The molecule has 1 aliphatic heterocycles. The molecule has 1 fully saturated rings. The smallest absolute Gasteiger partial charge is 0.253 e. The first-order valence-electron chi connectivity index (χ1n) is 8.51. The molecular weight excluding hydrogens is 395 g/mol. The lowest BCUT2D eigenvalue weighted by molar-refractivity contribution is -0.145. The summed E-state index contributed by atoms with van der Waals surface area (Å²) >= 11 is 13.6. The maximum atomic E-state index is 13.0. The Kier molecular flexibility index (Phi) is 8.07. The van der Waals surface area contributed by atoms with Crippen molar-refractivity contribution in [3.8, 4) is 0 Å². The quantitative estimate of drug-likeness (QED) is 0.767. The van der Waals surface area contributed by atoms with Crippen LogP contribution < -0.4 is 5.32 Å². The Hall–Kier alpha value is -0.950. The lowest BCUT2D eigenvalue weighted by Gasteiger charge is -2.37. The molecule has 1 aromatic rings. The molecule has 2 rings (SSSR count). The van der Waals surface area contributed by atoms with E-state index >= 15 is 0 Å². The van der Waals surface area contributed by atoms with Crippen LogP contribution in [0.3, 0.4) is 0 Å². The van der Waals surface area contributed by atoms with Crippen molar-refractivity contribution in [1.29, 1.82) is 0 Å². The fraction of sp³-hybridized carbons (Fsp3) is 0.556. The zero-order chi connectivity index (χ0) is 19.3. The van der Waals surface area contributed by atoms with Crippen molar-refractivity contribution < 1.29 is 14.3 Å². The average Bonchev–Trinajstić information content (AvgIpc) is 2.56. The van der Waals surface area contributed by atoms with Crippen LogP contribution in [0.5, 0.6) is 0 Å². The topological polar surface area (TPSA) is 58.6 Å². The number of hydrogen-bond donors (Lipinski definition) is 1. The van der Waals surface area contributed by atoms with Crippen molar-refractivity contribution in [2.24, 2.45) is 0 Å². The second-order valence-electron chi connectivity index (χ2n) is 6.43. The van der Waals surface area contributed by atoms with Gasteiger partial charge in [-0.3, -0.25) is 9.59 Å². The summed E-state index contributed by atoms with van der Waals surface area (Å²) in [4.78, 5) is 27.4. The number of benzene rings is 1. The van der Waals surface area contributed by atoms with Crippen LogP contribution in [0.15, 0.2) is 18.2 Å². The Morgan fingerprint density at radius 1 is 1.31 bits per heavy atom. The van der Waals surface area contributed by atoms with Gasteiger partial charge in [-0.2, -0.15) is 11.8 Å². The maximum absolute atomic E-state index is 13.0. The average molecular weight is 419 g/mol. The van der Waals surface area contributed by atoms with Crippen molar-refractivity contribution in [3.63, 3.8) is 0 Å². The number of ether oxygens (including phenoxy) is 1. The van der Waals surface area contributed by atoms with E-state index in [4.69, 9.17) is 27.9 Å². The first-order chi connectivity index (χ1) is 12.3. The molecule has 144 valence electrons. The molecule has 3 atom stereocenters. The number of carbonyl (C=O) groups excluding carboxylic acids is 2. The van der Waals surface area contributed by atoms with E-state index in [1.165, 1.54) is 6.07 Å². The summed E-state index contributed by atoms with van der Waals surface area (Å²) in [6.45, 7) is 4.94. The SMILES string of the molecule is CSCC[C@@H](NC(=O)c1ccc(Cl)cc1Cl)C(=O)N1C[C@@H](C)O[C@@H](C)C1. The fourth-order valence-electron chi connectivity index (χ4n) is 2.98. The molecule has 8 heteroatoms. The number of rotatable bonds is 6. The van der Waals surface area contributed by atoms with Crippen molar-refractivity contribution in [3.05, 3.63) is 33.8 Å². The zero-order valence-corrected chi connectivity index (χ0v) is 17.5. The summed E-state index contributed by atoms with van der Waals surface area (Å²) in [5, 5.41) is 3.56. The summed E-state index contributed by atoms with van der Waals surface area (Å²) < 4.78 is 5.69. The van der Waals surface area contributed by atoms with Crippen molar-refractivity contribution >= 4 is 46.8 Å². The molecular formula is C18H24Cl2N2O3S. The molecule has 2 amide bonds. The largest absolute Gasteiger partial charge is 0.372 e. The number of carbonyl (C=O) groups is 2.